The predicted octanol–water partition coefficient (Wildman–Crippen LogP) is 1.69. The molecule has 0 saturated heterocycles. The van der Waals surface area contributed by atoms with Crippen molar-refractivity contribution in [3.63, 3.8) is 0 Å². The molecule has 1 N–H and O–H groups in total. The Kier molecular flexibility index (Phi) is 4.83. The third-order valence-corrected chi connectivity index (χ3v) is 4.22. The van der Waals surface area contributed by atoms with E-state index in [1.165, 1.54) is 59.5 Å². The lowest BCUT2D eigenvalue weighted by molar-refractivity contribution is 0.102. The summed E-state index contributed by atoms with van der Waals surface area (Å²) >= 11 is 6.27. The summed E-state index contributed by atoms with van der Waals surface area (Å²) < 4.78 is 22.2. The van der Waals surface area contributed by atoms with Crippen molar-refractivity contribution in [3.8, 4) is 17.1 Å². The first kappa shape index (κ1) is 18.4. The average Bonchev–Trinajstić information content (AvgIpc) is 3.43. The van der Waals surface area contributed by atoms with E-state index < -0.39 is 11.7 Å². The van der Waals surface area contributed by atoms with Gasteiger partial charge in [0.05, 0.1) is 34.8 Å². The molecule has 4 rings (SSSR count). The van der Waals surface area contributed by atoms with Gasteiger partial charge in [-0.1, -0.05) is 11.6 Å². The third kappa shape index (κ3) is 3.60. The molecule has 0 saturated carbocycles. The molecule has 0 radical (unpaired) electrons. The van der Waals surface area contributed by atoms with Crippen LogP contribution in [0.1, 0.15) is 10.4 Å². The highest BCUT2D eigenvalue weighted by atomic mass is 35.5. The Labute approximate surface area is 167 Å². The van der Waals surface area contributed by atoms with Crippen LogP contribution in [-0.4, -0.2) is 53.4 Å². The molecular weight excluding hydrogens is 405 g/mol. The van der Waals surface area contributed by atoms with Crippen LogP contribution in [0.15, 0.2) is 43.0 Å². The van der Waals surface area contributed by atoms with Crippen LogP contribution in [0.5, 0.6) is 5.75 Å². The number of nitrogens with zero attached hydrogens (tertiary/aromatic N) is 8. The van der Waals surface area contributed by atoms with E-state index in [1.807, 2.05) is 0 Å². The van der Waals surface area contributed by atoms with Gasteiger partial charge in [0.2, 0.25) is 0 Å². The van der Waals surface area contributed by atoms with Gasteiger partial charge in [-0.15, -0.1) is 10.2 Å². The first-order chi connectivity index (χ1) is 14.1. The molecule has 0 fully saturated rings. The Hall–Kier alpha value is -3.93. The maximum Gasteiger partial charge on any atom is 0.259 e. The van der Waals surface area contributed by atoms with Gasteiger partial charge in [-0.25, -0.2) is 9.07 Å². The van der Waals surface area contributed by atoms with Crippen molar-refractivity contribution in [2.45, 2.75) is 0 Å². The van der Waals surface area contributed by atoms with Crippen LogP contribution < -0.4 is 10.1 Å². The SMILES string of the molecule is COc1cc(-n2cnnn2)c(Cl)cc1C(=O)Nc1cc(-n2cnnn2)ccc1F. The van der Waals surface area contributed by atoms with E-state index in [2.05, 4.69) is 36.4 Å². The third-order valence-electron chi connectivity index (χ3n) is 3.92. The zero-order chi connectivity index (χ0) is 20.4. The molecule has 1 amide bonds. The fourth-order valence-electron chi connectivity index (χ4n) is 2.56. The maximum atomic E-state index is 14.2. The van der Waals surface area contributed by atoms with Crippen molar-refractivity contribution >= 4 is 23.2 Å². The lowest BCUT2D eigenvalue weighted by Crippen LogP contribution is -2.15. The maximum absolute atomic E-state index is 14.2. The monoisotopic (exact) mass is 415 g/mol. The van der Waals surface area contributed by atoms with Crippen molar-refractivity contribution in [2.24, 2.45) is 0 Å². The van der Waals surface area contributed by atoms with E-state index in [-0.39, 0.29) is 22.0 Å². The van der Waals surface area contributed by atoms with Gasteiger partial charge < -0.3 is 10.1 Å². The number of benzene rings is 2. The molecular formula is C16H11ClFN9O2. The molecule has 146 valence electrons. The number of rotatable bonds is 5. The largest absolute Gasteiger partial charge is 0.496 e. The van der Waals surface area contributed by atoms with E-state index >= 15 is 0 Å². The molecule has 11 nitrogen and oxygen atoms in total. The van der Waals surface area contributed by atoms with Gasteiger partial charge in [0, 0.05) is 6.07 Å². The van der Waals surface area contributed by atoms with Crippen LogP contribution >= 0.6 is 11.6 Å². The minimum absolute atomic E-state index is 0.0641. The number of hydrogen-bond acceptors (Lipinski definition) is 8. The number of ether oxygens (including phenoxy) is 1. The molecule has 0 spiro atoms. The molecule has 2 aromatic carbocycles. The average molecular weight is 416 g/mol. The number of hydrogen-bond donors (Lipinski definition) is 1. The van der Waals surface area contributed by atoms with Crippen LogP contribution in [0.4, 0.5) is 10.1 Å². The number of carbonyl (C=O) groups is 1. The highest BCUT2D eigenvalue weighted by molar-refractivity contribution is 6.33. The molecule has 2 aromatic heterocycles. The number of amides is 1. The number of carbonyl (C=O) groups excluding carboxylic acids is 1. The topological polar surface area (TPSA) is 126 Å². The molecule has 0 bridgehead atoms. The molecule has 13 heteroatoms. The van der Waals surface area contributed by atoms with Gasteiger partial charge in [-0.05, 0) is 45.1 Å². The summed E-state index contributed by atoms with van der Waals surface area (Å²) in [6.45, 7) is 0. The van der Waals surface area contributed by atoms with Gasteiger partial charge in [0.25, 0.3) is 5.91 Å². The molecule has 4 aromatic rings. The summed E-state index contributed by atoms with van der Waals surface area (Å²) in [4.78, 5) is 12.8. The van der Waals surface area contributed by atoms with Crippen LogP contribution in [0, 0.1) is 5.82 Å². The summed E-state index contributed by atoms with van der Waals surface area (Å²) in [5.74, 6) is -1.06. The Bertz CT molecular complexity index is 1170. The number of anilines is 1. The first-order valence-electron chi connectivity index (χ1n) is 8.02. The fourth-order valence-corrected chi connectivity index (χ4v) is 2.81. The normalized spacial score (nSPS) is 10.7. The Balaban J connectivity index is 1.67. The van der Waals surface area contributed by atoms with Crippen LogP contribution in [0.2, 0.25) is 5.02 Å². The van der Waals surface area contributed by atoms with Gasteiger partial charge in [-0.2, -0.15) is 4.68 Å². The van der Waals surface area contributed by atoms with Gasteiger partial charge in [0.1, 0.15) is 24.2 Å². The van der Waals surface area contributed by atoms with Crippen molar-refractivity contribution in [1.29, 1.82) is 0 Å². The molecule has 0 aliphatic carbocycles. The molecule has 0 atom stereocenters. The van der Waals surface area contributed by atoms with Gasteiger partial charge >= 0.3 is 0 Å². The quantitative estimate of drug-likeness (QED) is 0.522. The van der Waals surface area contributed by atoms with E-state index in [0.29, 0.717) is 11.4 Å². The van der Waals surface area contributed by atoms with Crippen molar-refractivity contribution in [1.82, 2.24) is 40.4 Å². The second-order valence-electron chi connectivity index (χ2n) is 5.63. The lowest BCUT2D eigenvalue weighted by Gasteiger charge is -2.13. The van der Waals surface area contributed by atoms with Gasteiger partial charge in [0.15, 0.2) is 0 Å². The number of tetrazole rings is 2. The van der Waals surface area contributed by atoms with Crippen molar-refractivity contribution in [2.75, 3.05) is 12.4 Å². The molecule has 0 unspecified atom stereocenters. The smallest absolute Gasteiger partial charge is 0.259 e. The Morgan fingerprint density at radius 3 is 2.48 bits per heavy atom. The number of aromatic nitrogens is 8. The second kappa shape index (κ2) is 7.59. The number of methoxy groups -OCH3 is 1. The highest BCUT2D eigenvalue weighted by Gasteiger charge is 2.19. The van der Waals surface area contributed by atoms with E-state index in [1.54, 1.807) is 0 Å². The lowest BCUT2D eigenvalue weighted by atomic mass is 10.1. The van der Waals surface area contributed by atoms with E-state index in [9.17, 15) is 9.18 Å². The van der Waals surface area contributed by atoms with Gasteiger partial charge in [-0.3, -0.25) is 4.79 Å². The Morgan fingerprint density at radius 2 is 1.83 bits per heavy atom. The zero-order valence-electron chi connectivity index (χ0n) is 14.7. The minimum atomic E-state index is -0.634. The molecule has 0 aliphatic heterocycles. The zero-order valence-corrected chi connectivity index (χ0v) is 15.4. The summed E-state index contributed by atoms with van der Waals surface area (Å²) in [6, 6.07) is 6.95. The second-order valence-corrected chi connectivity index (χ2v) is 6.04. The van der Waals surface area contributed by atoms with Crippen LogP contribution in [-0.2, 0) is 0 Å². The van der Waals surface area contributed by atoms with Crippen LogP contribution in [0.3, 0.4) is 0 Å². The predicted molar refractivity (Wildman–Crippen MR) is 97.8 cm³/mol. The molecule has 2 heterocycles. The summed E-state index contributed by atoms with van der Waals surface area (Å²) in [7, 11) is 1.39. The van der Waals surface area contributed by atoms with E-state index in [0.717, 1.165) is 0 Å². The highest BCUT2D eigenvalue weighted by Crippen LogP contribution is 2.30. The standard InChI is InChI=1S/C16H11ClFN9O2/c1-29-15-6-14(27-8-20-23-25-27)11(17)5-10(15)16(28)21-13-4-9(2-3-12(13)18)26-7-19-22-24-26/h2-8H,1H3,(H,21,28). The summed E-state index contributed by atoms with van der Waals surface area (Å²) in [5, 5.41) is 24.3. The van der Waals surface area contributed by atoms with Crippen molar-refractivity contribution < 1.29 is 13.9 Å². The Morgan fingerprint density at radius 1 is 1.10 bits per heavy atom. The molecule has 29 heavy (non-hydrogen) atoms. The minimum Gasteiger partial charge on any atom is -0.496 e. The van der Waals surface area contributed by atoms with Crippen LogP contribution in [0.25, 0.3) is 11.4 Å². The fraction of sp³-hybridized carbons (Fsp3) is 0.0625. The first-order valence-corrected chi connectivity index (χ1v) is 8.40. The summed E-state index contributed by atoms with van der Waals surface area (Å²) in [6.07, 6.45) is 2.69. The van der Waals surface area contributed by atoms with Crippen molar-refractivity contribution in [3.05, 3.63) is 59.4 Å². The van der Waals surface area contributed by atoms with E-state index in [4.69, 9.17) is 16.3 Å². The number of halogens is 2. The number of nitrogens with one attached hydrogen (secondary N) is 1. The summed E-state index contributed by atoms with van der Waals surface area (Å²) in [5.41, 5.74) is 0.912. The molecule has 0 aliphatic rings.